The second kappa shape index (κ2) is 10.6. The normalized spacial score (nSPS) is 16.8. The van der Waals surface area contributed by atoms with Crippen LogP contribution in [-0.2, 0) is 0 Å². The van der Waals surface area contributed by atoms with Crippen molar-refractivity contribution in [1.29, 1.82) is 0 Å². The molecule has 0 aromatic heterocycles. The van der Waals surface area contributed by atoms with E-state index in [1.165, 1.54) is 32.1 Å². The third-order valence-corrected chi connectivity index (χ3v) is 2.47. The van der Waals surface area contributed by atoms with Crippen LogP contribution < -0.4 is 51.4 Å². The third-order valence-electron chi connectivity index (χ3n) is 2.47. The van der Waals surface area contributed by atoms with Crippen LogP contribution in [0, 0.1) is 13.3 Å². The summed E-state index contributed by atoms with van der Waals surface area (Å²) in [5.74, 6) is 0.951. The van der Waals surface area contributed by atoms with Gasteiger partial charge in [-0.15, -0.1) is 0 Å². The van der Waals surface area contributed by atoms with E-state index in [4.69, 9.17) is 0 Å². The molecule has 0 atom stereocenters. The average Bonchev–Trinajstić information content (AvgIpc) is 2.41. The second-order valence-electron chi connectivity index (χ2n) is 3.34. The summed E-state index contributed by atoms with van der Waals surface area (Å²) in [6.07, 6.45) is 8.83. The van der Waals surface area contributed by atoms with E-state index in [0.29, 0.717) is 0 Å². The standard InChI is InChI=1S/C9H17F.CH3.K/c10-8-4-3-7-9-5-1-2-6-9;;/h9H,1-8H2;1H3;/q;-1;+1. The van der Waals surface area contributed by atoms with Gasteiger partial charge in [0, 0.05) is 0 Å². The number of rotatable bonds is 4. The molecule has 1 aliphatic carbocycles. The van der Waals surface area contributed by atoms with Gasteiger partial charge in [-0.1, -0.05) is 38.5 Å². The van der Waals surface area contributed by atoms with Gasteiger partial charge in [-0.05, 0) is 12.3 Å². The number of halogens is 1. The zero-order valence-electron chi connectivity index (χ0n) is 8.61. The summed E-state index contributed by atoms with van der Waals surface area (Å²) in [6, 6.07) is 0. The van der Waals surface area contributed by atoms with Crippen LogP contribution in [0.4, 0.5) is 4.39 Å². The Morgan fingerprint density at radius 1 is 1.08 bits per heavy atom. The van der Waals surface area contributed by atoms with Crippen molar-refractivity contribution in [3.8, 4) is 0 Å². The third kappa shape index (κ3) is 7.02. The quantitative estimate of drug-likeness (QED) is 0.356. The zero-order valence-corrected chi connectivity index (χ0v) is 11.7. The van der Waals surface area contributed by atoms with Gasteiger partial charge in [-0.3, -0.25) is 4.39 Å². The summed E-state index contributed by atoms with van der Waals surface area (Å²) >= 11 is 0. The number of unbranched alkanes of at least 4 members (excludes halogenated alkanes) is 1. The van der Waals surface area contributed by atoms with E-state index in [1.54, 1.807) is 0 Å². The van der Waals surface area contributed by atoms with Crippen molar-refractivity contribution in [2.45, 2.75) is 44.9 Å². The van der Waals surface area contributed by atoms with Gasteiger partial charge in [-0.2, -0.15) is 0 Å². The SMILES string of the molecule is FCCCCC1CCCC1.[CH3-].[K+]. The average molecular weight is 198 g/mol. The molecule has 0 nitrogen and oxygen atoms in total. The number of alkyl halides is 1. The second-order valence-corrected chi connectivity index (χ2v) is 3.34. The molecule has 0 saturated heterocycles. The predicted octanol–water partition coefficient (Wildman–Crippen LogP) is 0.771. The zero-order chi connectivity index (χ0) is 7.23. The van der Waals surface area contributed by atoms with Crippen LogP contribution >= 0.6 is 0 Å². The van der Waals surface area contributed by atoms with E-state index in [-0.39, 0.29) is 65.5 Å². The van der Waals surface area contributed by atoms with E-state index in [9.17, 15) is 4.39 Å². The molecule has 0 heterocycles. The van der Waals surface area contributed by atoms with Crippen molar-refractivity contribution >= 4 is 0 Å². The number of hydrogen-bond donors (Lipinski definition) is 0. The van der Waals surface area contributed by atoms with Crippen molar-refractivity contribution in [3.05, 3.63) is 7.43 Å². The maximum absolute atomic E-state index is 11.7. The van der Waals surface area contributed by atoms with Gasteiger partial charge in [0.15, 0.2) is 0 Å². The van der Waals surface area contributed by atoms with Crippen molar-refractivity contribution < 1.29 is 55.8 Å². The van der Waals surface area contributed by atoms with Crippen LogP contribution in [-0.4, -0.2) is 6.67 Å². The molecule has 0 aromatic rings. The molecular weight excluding hydrogens is 178 g/mol. The van der Waals surface area contributed by atoms with Crippen molar-refractivity contribution in [3.63, 3.8) is 0 Å². The monoisotopic (exact) mass is 198 g/mol. The Morgan fingerprint density at radius 2 is 1.67 bits per heavy atom. The first-order chi connectivity index (χ1) is 4.93. The Balaban J connectivity index is 0. The summed E-state index contributed by atoms with van der Waals surface area (Å²) in [6.45, 7) is -0.118. The van der Waals surface area contributed by atoms with Gasteiger partial charge in [-0.25, -0.2) is 0 Å². The fraction of sp³-hybridized carbons (Fsp3) is 0.900. The van der Waals surface area contributed by atoms with Crippen LogP contribution in [0.1, 0.15) is 44.9 Å². The minimum Gasteiger partial charge on any atom is -0.358 e. The largest absolute Gasteiger partial charge is 1.00 e. The van der Waals surface area contributed by atoms with Crippen LogP contribution in [0.15, 0.2) is 0 Å². The van der Waals surface area contributed by atoms with Crippen LogP contribution in [0.5, 0.6) is 0 Å². The van der Waals surface area contributed by atoms with Gasteiger partial charge >= 0.3 is 51.4 Å². The fourth-order valence-corrected chi connectivity index (χ4v) is 1.83. The first kappa shape index (κ1) is 16.0. The Bertz CT molecular complexity index is 79.9. The van der Waals surface area contributed by atoms with E-state index < -0.39 is 0 Å². The first-order valence-corrected chi connectivity index (χ1v) is 4.49. The summed E-state index contributed by atoms with van der Waals surface area (Å²) in [4.78, 5) is 0. The Labute approximate surface area is 119 Å². The topological polar surface area (TPSA) is 0 Å². The molecule has 0 unspecified atom stereocenters. The molecule has 0 aromatic carbocycles. The summed E-state index contributed by atoms with van der Waals surface area (Å²) in [5, 5.41) is 0. The molecule has 12 heavy (non-hydrogen) atoms. The van der Waals surface area contributed by atoms with Gasteiger partial charge in [0.1, 0.15) is 0 Å². The Morgan fingerprint density at radius 3 is 2.17 bits per heavy atom. The van der Waals surface area contributed by atoms with Crippen LogP contribution in [0.25, 0.3) is 0 Å². The van der Waals surface area contributed by atoms with Crippen molar-refractivity contribution in [2.24, 2.45) is 5.92 Å². The molecule has 0 aliphatic heterocycles. The van der Waals surface area contributed by atoms with Gasteiger partial charge in [0.05, 0.1) is 6.67 Å². The Kier molecular flexibility index (Phi) is 14.2. The summed E-state index contributed by atoms with van der Waals surface area (Å²) < 4.78 is 11.7. The molecule has 1 aliphatic rings. The predicted molar refractivity (Wildman–Crippen MR) is 48.2 cm³/mol. The van der Waals surface area contributed by atoms with E-state index in [2.05, 4.69) is 0 Å². The molecule has 0 radical (unpaired) electrons. The summed E-state index contributed by atoms with van der Waals surface area (Å²) in [7, 11) is 0. The molecule has 0 spiro atoms. The maximum Gasteiger partial charge on any atom is 1.00 e. The molecule has 0 amide bonds. The smallest absolute Gasteiger partial charge is 0.358 e. The van der Waals surface area contributed by atoms with E-state index in [0.717, 1.165) is 18.8 Å². The van der Waals surface area contributed by atoms with Crippen molar-refractivity contribution in [2.75, 3.05) is 6.67 Å². The maximum atomic E-state index is 11.7. The van der Waals surface area contributed by atoms with Crippen molar-refractivity contribution in [1.82, 2.24) is 0 Å². The Hall–Kier alpha value is 1.57. The minimum absolute atomic E-state index is 0. The molecule has 1 saturated carbocycles. The number of hydrogen-bond acceptors (Lipinski definition) is 0. The van der Waals surface area contributed by atoms with E-state index >= 15 is 0 Å². The molecule has 2 heteroatoms. The molecular formula is C10H20FK. The fourth-order valence-electron chi connectivity index (χ4n) is 1.83. The van der Waals surface area contributed by atoms with Gasteiger partial charge < -0.3 is 7.43 Å². The molecule has 1 fully saturated rings. The van der Waals surface area contributed by atoms with E-state index in [1.807, 2.05) is 0 Å². The van der Waals surface area contributed by atoms with Gasteiger partial charge in [0.25, 0.3) is 0 Å². The first-order valence-electron chi connectivity index (χ1n) is 4.49. The molecule has 1 rings (SSSR count). The minimum atomic E-state index is -0.118. The summed E-state index contributed by atoms with van der Waals surface area (Å²) in [5.41, 5.74) is 0. The molecule has 0 N–H and O–H groups in total. The molecule has 68 valence electrons. The van der Waals surface area contributed by atoms with Crippen LogP contribution in [0.3, 0.4) is 0 Å². The van der Waals surface area contributed by atoms with Crippen LogP contribution in [0.2, 0.25) is 0 Å². The van der Waals surface area contributed by atoms with Gasteiger partial charge in [0.2, 0.25) is 0 Å². The molecule has 0 bridgehead atoms.